The highest BCUT2D eigenvalue weighted by Gasteiger charge is 2.05. The molecule has 0 atom stereocenters. The van der Waals surface area contributed by atoms with Gasteiger partial charge in [0.25, 0.3) is 0 Å². The van der Waals surface area contributed by atoms with Crippen molar-refractivity contribution in [2.24, 2.45) is 0 Å². The van der Waals surface area contributed by atoms with Crippen molar-refractivity contribution in [3.05, 3.63) is 49.1 Å². The van der Waals surface area contributed by atoms with Crippen molar-refractivity contribution in [1.29, 1.82) is 0 Å². The third-order valence-corrected chi connectivity index (χ3v) is 2.41. The Bertz CT molecular complexity index is 560. The summed E-state index contributed by atoms with van der Waals surface area (Å²) in [6, 6.07) is 8.22. The summed E-state index contributed by atoms with van der Waals surface area (Å²) in [5.74, 6) is 0. The zero-order chi connectivity index (χ0) is 9.38. The SMILES string of the molecule is c1ccc2c3cncc-3cncc2c1. The van der Waals surface area contributed by atoms with Gasteiger partial charge in [0.2, 0.25) is 0 Å². The number of fused-ring (bicyclic) bond motifs is 3. The maximum absolute atomic E-state index is 4.24. The molecular formula is C12H8N2. The summed E-state index contributed by atoms with van der Waals surface area (Å²) in [6.45, 7) is 0. The van der Waals surface area contributed by atoms with Gasteiger partial charge in [0.05, 0.1) is 0 Å². The Morgan fingerprint density at radius 3 is 2.50 bits per heavy atom. The number of aromatic nitrogens is 2. The van der Waals surface area contributed by atoms with Crippen LogP contribution in [0.1, 0.15) is 0 Å². The van der Waals surface area contributed by atoms with Crippen LogP contribution < -0.4 is 0 Å². The van der Waals surface area contributed by atoms with Crippen LogP contribution in [0.15, 0.2) is 49.1 Å². The van der Waals surface area contributed by atoms with E-state index in [1.165, 1.54) is 5.39 Å². The molecule has 1 aromatic rings. The quantitative estimate of drug-likeness (QED) is 0.531. The van der Waals surface area contributed by atoms with Gasteiger partial charge in [-0.15, -0.1) is 0 Å². The zero-order valence-electron chi connectivity index (χ0n) is 7.51. The van der Waals surface area contributed by atoms with Crippen LogP contribution in [0.2, 0.25) is 0 Å². The van der Waals surface area contributed by atoms with E-state index in [2.05, 4.69) is 22.1 Å². The van der Waals surface area contributed by atoms with Crippen LogP contribution in [0.3, 0.4) is 0 Å². The molecule has 0 unspecified atom stereocenters. The van der Waals surface area contributed by atoms with E-state index in [4.69, 9.17) is 0 Å². The Balaban J connectivity index is 2.56. The van der Waals surface area contributed by atoms with Gasteiger partial charge >= 0.3 is 0 Å². The summed E-state index contributed by atoms with van der Waals surface area (Å²) in [4.78, 5) is 8.37. The summed E-state index contributed by atoms with van der Waals surface area (Å²) in [6.07, 6.45) is 7.46. The van der Waals surface area contributed by atoms with Crippen molar-refractivity contribution in [2.45, 2.75) is 0 Å². The van der Waals surface area contributed by atoms with E-state index in [0.29, 0.717) is 0 Å². The van der Waals surface area contributed by atoms with Gasteiger partial charge in [0.15, 0.2) is 0 Å². The summed E-state index contributed by atoms with van der Waals surface area (Å²) < 4.78 is 0. The lowest BCUT2D eigenvalue weighted by atomic mass is 10.1. The molecule has 2 heteroatoms. The predicted molar refractivity (Wildman–Crippen MR) is 56.2 cm³/mol. The molecule has 2 heterocycles. The Morgan fingerprint density at radius 1 is 0.786 bits per heavy atom. The van der Waals surface area contributed by atoms with Crippen LogP contribution in [0.5, 0.6) is 0 Å². The number of benzene rings is 1. The minimum absolute atomic E-state index is 1.09. The standard InChI is InChI=1S/C12H8N2/c1-2-4-11-9(3-1)5-13-6-10-7-14-8-12(10)11/h1-8H. The number of hydrogen-bond acceptors (Lipinski definition) is 2. The van der Waals surface area contributed by atoms with Crippen LogP contribution in [0.25, 0.3) is 21.9 Å². The van der Waals surface area contributed by atoms with E-state index in [-0.39, 0.29) is 0 Å². The first-order valence-corrected chi connectivity index (χ1v) is 4.51. The molecule has 0 saturated heterocycles. The van der Waals surface area contributed by atoms with Crippen LogP contribution in [0, 0.1) is 0 Å². The normalized spacial score (nSPS) is 10.9. The molecule has 0 fully saturated rings. The third-order valence-electron chi connectivity index (χ3n) is 2.41. The summed E-state index contributed by atoms with van der Waals surface area (Å²) in [5.41, 5.74) is 2.25. The van der Waals surface area contributed by atoms with Gasteiger partial charge in [-0.25, -0.2) is 0 Å². The molecule has 0 amide bonds. The average molecular weight is 180 g/mol. The number of rotatable bonds is 0. The van der Waals surface area contributed by atoms with Gasteiger partial charge in [-0.2, -0.15) is 0 Å². The average Bonchev–Trinajstić information content (AvgIpc) is 2.61. The minimum Gasteiger partial charge on any atom is -0.263 e. The maximum atomic E-state index is 4.24. The van der Waals surface area contributed by atoms with E-state index < -0.39 is 0 Å². The summed E-state index contributed by atoms with van der Waals surface area (Å²) in [7, 11) is 0. The molecule has 0 aromatic heterocycles. The molecule has 2 aliphatic heterocycles. The Hall–Kier alpha value is -1.96. The van der Waals surface area contributed by atoms with Crippen molar-refractivity contribution < 1.29 is 0 Å². The Kier molecular flexibility index (Phi) is 1.47. The molecule has 2 aliphatic rings. The molecule has 0 saturated carbocycles. The van der Waals surface area contributed by atoms with Gasteiger partial charge in [-0.05, 0) is 5.39 Å². The van der Waals surface area contributed by atoms with Crippen molar-refractivity contribution >= 4 is 10.8 Å². The van der Waals surface area contributed by atoms with E-state index >= 15 is 0 Å². The van der Waals surface area contributed by atoms with Crippen molar-refractivity contribution in [3.63, 3.8) is 0 Å². The third kappa shape index (κ3) is 0.973. The second-order valence-corrected chi connectivity index (χ2v) is 3.27. The van der Waals surface area contributed by atoms with Crippen molar-refractivity contribution in [2.75, 3.05) is 0 Å². The first-order valence-electron chi connectivity index (χ1n) is 4.51. The van der Waals surface area contributed by atoms with Gasteiger partial charge in [-0.1, -0.05) is 24.3 Å². The van der Waals surface area contributed by atoms with Crippen LogP contribution >= 0.6 is 0 Å². The Morgan fingerprint density at radius 2 is 1.57 bits per heavy atom. The highest BCUT2D eigenvalue weighted by Crippen LogP contribution is 2.27. The molecule has 14 heavy (non-hydrogen) atoms. The molecule has 0 radical (unpaired) electrons. The molecular weight excluding hydrogens is 172 g/mol. The minimum atomic E-state index is 1.09. The molecule has 1 aromatic carbocycles. The molecule has 2 nitrogen and oxygen atoms in total. The first-order chi connectivity index (χ1) is 6.95. The lowest BCUT2D eigenvalue weighted by molar-refractivity contribution is 1.37. The summed E-state index contributed by atoms with van der Waals surface area (Å²) >= 11 is 0. The van der Waals surface area contributed by atoms with E-state index in [9.17, 15) is 0 Å². The molecule has 66 valence electrons. The predicted octanol–water partition coefficient (Wildman–Crippen LogP) is 2.73. The smallest absolute Gasteiger partial charge is 0.0362 e. The molecule has 0 N–H and O–H groups in total. The van der Waals surface area contributed by atoms with Crippen molar-refractivity contribution in [3.8, 4) is 11.1 Å². The van der Waals surface area contributed by atoms with Crippen molar-refractivity contribution in [1.82, 2.24) is 9.97 Å². The van der Waals surface area contributed by atoms with Crippen LogP contribution in [-0.2, 0) is 0 Å². The highest BCUT2D eigenvalue weighted by atomic mass is 14.7. The Labute approximate surface area is 81.6 Å². The van der Waals surface area contributed by atoms with Gasteiger partial charge in [0.1, 0.15) is 0 Å². The fourth-order valence-corrected chi connectivity index (χ4v) is 1.72. The molecule has 0 bridgehead atoms. The lowest BCUT2D eigenvalue weighted by Crippen LogP contribution is -1.70. The van der Waals surface area contributed by atoms with E-state index in [1.807, 2.05) is 36.9 Å². The van der Waals surface area contributed by atoms with Gasteiger partial charge < -0.3 is 0 Å². The fraction of sp³-hybridized carbons (Fsp3) is 0. The second kappa shape index (κ2) is 2.77. The number of nitrogens with zero attached hydrogens (tertiary/aromatic N) is 2. The lowest BCUT2D eigenvalue weighted by Gasteiger charge is -1.94. The molecule has 0 spiro atoms. The highest BCUT2D eigenvalue weighted by molar-refractivity contribution is 5.95. The summed E-state index contributed by atoms with van der Waals surface area (Å²) in [5, 5.41) is 2.35. The zero-order valence-corrected chi connectivity index (χ0v) is 7.51. The molecule has 0 aliphatic carbocycles. The molecule has 3 rings (SSSR count). The van der Waals surface area contributed by atoms with E-state index in [0.717, 1.165) is 16.5 Å². The van der Waals surface area contributed by atoms with Crippen LogP contribution in [-0.4, -0.2) is 9.97 Å². The van der Waals surface area contributed by atoms with Gasteiger partial charge in [-0.3, -0.25) is 9.97 Å². The van der Waals surface area contributed by atoms with Gasteiger partial charge in [0, 0.05) is 41.3 Å². The largest absolute Gasteiger partial charge is 0.263 e. The monoisotopic (exact) mass is 180 g/mol. The fourth-order valence-electron chi connectivity index (χ4n) is 1.72. The topological polar surface area (TPSA) is 25.8 Å². The number of hydrogen-bond donors (Lipinski definition) is 0. The second-order valence-electron chi connectivity index (χ2n) is 3.27. The van der Waals surface area contributed by atoms with E-state index in [1.54, 1.807) is 0 Å². The first kappa shape index (κ1) is 7.44. The maximum Gasteiger partial charge on any atom is 0.0362 e. The van der Waals surface area contributed by atoms with Crippen LogP contribution in [0.4, 0.5) is 0 Å².